The third-order valence-electron chi connectivity index (χ3n) is 6.25. The maximum atomic E-state index is 12.4. The predicted octanol–water partition coefficient (Wildman–Crippen LogP) is 3.19. The summed E-state index contributed by atoms with van der Waals surface area (Å²) in [7, 11) is 3.68. The van der Waals surface area contributed by atoms with Crippen LogP contribution in [0.25, 0.3) is 0 Å². The van der Waals surface area contributed by atoms with Crippen molar-refractivity contribution in [3.05, 3.63) is 47.0 Å². The molecular formula is C26H34N4O4. The van der Waals surface area contributed by atoms with Crippen LogP contribution in [0.3, 0.4) is 0 Å². The number of carbonyl (C=O) groups excluding carboxylic acids is 2. The van der Waals surface area contributed by atoms with Gasteiger partial charge in [-0.05, 0) is 75.2 Å². The first kappa shape index (κ1) is 23.9. The highest BCUT2D eigenvalue weighted by Gasteiger charge is 2.24. The van der Waals surface area contributed by atoms with Crippen LogP contribution in [0.1, 0.15) is 41.3 Å². The van der Waals surface area contributed by atoms with Crippen molar-refractivity contribution in [2.75, 3.05) is 50.6 Å². The second-order valence-electron chi connectivity index (χ2n) is 9.08. The Morgan fingerprint density at radius 2 is 2.03 bits per heavy atom. The summed E-state index contributed by atoms with van der Waals surface area (Å²) in [6, 6.07) is 10.2. The smallest absolute Gasteiger partial charge is 0.262 e. The number of amides is 2. The third kappa shape index (κ3) is 5.62. The van der Waals surface area contributed by atoms with Crippen molar-refractivity contribution < 1.29 is 19.1 Å². The third-order valence-corrected chi connectivity index (χ3v) is 6.25. The van der Waals surface area contributed by atoms with Crippen LogP contribution >= 0.6 is 0 Å². The molecule has 0 saturated heterocycles. The number of ether oxygens (including phenoxy) is 2. The highest BCUT2D eigenvalue weighted by molar-refractivity contribution is 5.96. The molecule has 0 spiro atoms. The molecule has 4 rings (SSSR count). The first-order valence-electron chi connectivity index (χ1n) is 11.9. The molecule has 0 aromatic heterocycles. The lowest BCUT2D eigenvalue weighted by Gasteiger charge is -2.28. The van der Waals surface area contributed by atoms with E-state index in [-0.39, 0.29) is 18.4 Å². The highest BCUT2D eigenvalue weighted by atomic mass is 16.5. The van der Waals surface area contributed by atoms with Gasteiger partial charge in [0.15, 0.2) is 18.1 Å². The summed E-state index contributed by atoms with van der Waals surface area (Å²) in [5, 5.41) is 5.92. The van der Waals surface area contributed by atoms with Crippen LogP contribution in [0.5, 0.6) is 11.5 Å². The minimum Gasteiger partial charge on any atom is -0.493 e. The quantitative estimate of drug-likeness (QED) is 0.560. The SMILES string of the molecule is CCN(CCN(C)Cc1cc2c(c(OC)c1)OCC(=O)N2)c1ccc(C(=O)NC2CC2)cc1C. The summed E-state index contributed by atoms with van der Waals surface area (Å²) >= 11 is 0. The van der Waals surface area contributed by atoms with Crippen LogP contribution in [0, 0.1) is 6.92 Å². The van der Waals surface area contributed by atoms with Crippen molar-refractivity contribution in [1.82, 2.24) is 10.2 Å². The Hall–Kier alpha value is -3.26. The monoisotopic (exact) mass is 466 g/mol. The summed E-state index contributed by atoms with van der Waals surface area (Å²) in [6.45, 7) is 7.48. The van der Waals surface area contributed by atoms with Gasteiger partial charge in [-0.25, -0.2) is 0 Å². The van der Waals surface area contributed by atoms with E-state index in [9.17, 15) is 9.59 Å². The van der Waals surface area contributed by atoms with Crippen LogP contribution in [0.4, 0.5) is 11.4 Å². The van der Waals surface area contributed by atoms with Crippen LogP contribution in [0.15, 0.2) is 30.3 Å². The number of rotatable bonds is 10. The highest BCUT2D eigenvalue weighted by Crippen LogP contribution is 2.38. The van der Waals surface area contributed by atoms with Gasteiger partial charge in [-0.1, -0.05) is 0 Å². The molecule has 0 unspecified atom stereocenters. The lowest BCUT2D eigenvalue weighted by molar-refractivity contribution is -0.118. The van der Waals surface area contributed by atoms with Crippen molar-refractivity contribution in [1.29, 1.82) is 0 Å². The fraction of sp³-hybridized carbons (Fsp3) is 0.462. The van der Waals surface area contributed by atoms with Gasteiger partial charge in [0.25, 0.3) is 11.8 Å². The molecule has 2 aromatic carbocycles. The van der Waals surface area contributed by atoms with E-state index in [0.717, 1.165) is 54.9 Å². The summed E-state index contributed by atoms with van der Waals surface area (Å²) in [5.74, 6) is 1.06. The van der Waals surface area contributed by atoms with Gasteiger partial charge in [0.1, 0.15) is 0 Å². The molecule has 1 heterocycles. The predicted molar refractivity (Wildman–Crippen MR) is 133 cm³/mol. The van der Waals surface area contributed by atoms with E-state index < -0.39 is 0 Å². The van der Waals surface area contributed by atoms with Crippen molar-refractivity contribution in [3.63, 3.8) is 0 Å². The average molecular weight is 467 g/mol. The number of nitrogens with zero attached hydrogens (tertiary/aromatic N) is 2. The standard InChI is InChI=1S/C26H34N4O4/c1-5-30(22-9-6-19(12-17(22)2)26(32)27-20-7-8-20)11-10-29(3)15-18-13-21-25(23(14-18)33-4)34-16-24(31)28-21/h6,9,12-14,20H,5,7-8,10-11,15-16H2,1-4H3,(H,27,32)(H,28,31). The molecule has 8 heteroatoms. The molecule has 1 aliphatic carbocycles. The summed E-state index contributed by atoms with van der Waals surface area (Å²) in [6.07, 6.45) is 2.17. The number of nitrogens with one attached hydrogen (secondary N) is 2. The van der Waals surface area contributed by atoms with Gasteiger partial charge in [-0.15, -0.1) is 0 Å². The van der Waals surface area contributed by atoms with Crippen molar-refractivity contribution in [3.8, 4) is 11.5 Å². The zero-order chi connectivity index (χ0) is 24.2. The van der Waals surface area contributed by atoms with Gasteiger partial charge in [0.05, 0.1) is 12.8 Å². The molecule has 182 valence electrons. The van der Waals surface area contributed by atoms with Crippen LogP contribution in [-0.4, -0.2) is 63.2 Å². The Kier molecular flexibility index (Phi) is 7.26. The maximum Gasteiger partial charge on any atom is 0.262 e. The molecule has 2 aromatic rings. The number of hydrogen-bond donors (Lipinski definition) is 2. The summed E-state index contributed by atoms with van der Waals surface area (Å²) in [4.78, 5) is 28.7. The van der Waals surface area contributed by atoms with Crippen molar-refractivity contribution >= 4 is 23.2 Å². The lowest BCUT2D eigenvalue weighted by atomic mass is 10.1. The Morgan fingerprint density at radius 3 is 2.71 bits per heavy atom. The van der Waals surface area contributed by atoms with Crippen LogP contribution in [-0.2, 0) is 11.3 Å². The largest absolute Gasteiger partial charge is 0.493 e. The molecular weight excluding hydrogens is 432 g/mol. The number of benzene rings is 2. The number of methoxy groups -OCH3 is 1. The number of fused-ring (bicyclic) bond motifs is 1. The molecule has 0 bridgehead atoms. The fourth-order valence-corrected chi connectivity index (χ4v) is 4.25. The average Bonchev–Trinajstić information content (AvgIpc) is 3.63. The number of aryl methyl sites for hydroxylation is 1. The van der Waals surface area contributed by atoms with Gasteiger partial charge >= 0.3 is 0 Å². The molecule has 2 aliphatic rings. The molecule has 2 N–H and O–H groups in total. The number of carbonyl (C=O) groups is 2. The zero-order valence-electron chi connectivity index (χ0n) is 20.4. The Morgan fingerprint density at radius 1 is 1.24 bits per heavy atom. The molecule has 0 radical (unpaired) electrons. The minimum absolute atomic E-state index is 0.00104. The second kappa shape index (κ2) is 10.3. The second-order valence-corrected chi connectivity index (χ2v) is 9.08. The van der Waals surface area contributed by atoms with E-state index in [2.05, 4.69) is 47.4 Å². The van der Waals surface area contributed by atoms with Gasteiger partial charge < -0.3 is 29.9 Å². The topological polar surface area (TPSA) is 83.1 Å². The maximum absolute atomic E-state index is 12.4. The molecule has 0 atom stereocenters. The summed E-state index contributed by atoms with van der Waals surface area (Å²) in [5.41, 5.74) is 4.65. The Bertz CT molecular complexity index is 1070. The van der Waals surface area contributed by atoms with Crippen LogP contribution < -0.4 is 25.0 Å². The van der Waals surface area contributed by atoms with Crippen molar-refractivity contribution in [2.24, 2.45) is 0 Å². The van der Waals surface area contributed by atoms with Gasteiger partial charge in [0.2, 0.25) is 0 Å². The number of likely N-dealkylation sites (N-methyl/N-ethyl adjacent to an activating group) is 2. The Labute approximate surface area is 201 Å². The normalized spacial score (nSPS) is 14.8. The number of anilines is 2. The van der Waals surface area contributed by atoms with E-state index in [4.69, 9.17) is 9.47 Å². The van der Waals surface area contributed by atoms with Crippen LogP contribution in [0.2, 0.25) is 0 Å². The van der Waals surface area contributed by atoms with E-state index in [0.29, 0.717) is 29.8 Å². The molecule has 1 aliphatic heterocycles. The fourth-order valence-electron chi connectivity index (χ4n) is 4.25. The van der Waals surface area contributed by atoms with Gasteiger partial charge in [0, 0.05) is 43.5 Å². The van der Waals surface area contributed by atoms with Gasteiger partial charge in [-0.2, -0.15) is 0 Å². The first-order valence-corrected chi connectivity index (χ1v) is 11.9. The molecule has 34 heavy (non-hydrogen) atoms. The van der Waals surface area contributed by atoms with E-state index in [1.807, 2.05) is 24.3 Å². The van der Waals surface area contributed by atoms with Gasteiger partial charge in [-0.3, -0.25) is 9.59 Å². The summed E-state index contributed by atoms with van der Waals surface area (Å²) < 4.78 is 11.0. The Balaban J connectivity index is 1.38. The van der Waals surface area contributed by atoms with E-state index >= 15 is 0 Å². The van der Waals surface area contributed by atoms with Crippen molar-refractivity contribution in [2.45, 2.75) is 39.3 Å². The minimum atomic E-state index is -0.162. The first-order chi connectivity index (χ1) is 16.4. The van der Waals surface area contributed by atoms with E-state index in [1.165, 1.54) is 0 Å². The molecule has 2 amide bonds. The molecule has 1 saturated carbocycles. The zero-order valence-corrected chi connectivity index (χ0v) is 20.4. The lowest BCUT2D eigenvalue weighted by Crippen LogP contribution is -2.33. The molecule has 8 nitrogen and oxygen atoms in total. The molecule has 1 fully saturated rings. The van der Waals surface area contributed by atoms with E-state index in [1.54, 1.807) is 7.11 Å². The number of hydrogen-bond acceptors (Lipinski definition) is 6.